The van der Waals surface area contributed by atoms with Crippen molar-refractivity contribution in [1.82, 2.24) is 0 Å². The largest absolute Gasteiger partial charge is 0.507 e. The molecule has 1 aromatic rings. The first kappa shape index (κ1) is 13.9. The van der Waals surface area contributed by atoms with Gasteiger partial charge in [0.1, 0.15) is 5.76 Å². The van der Waals surface area contributed by atoms with Crippen LogP contribution in [0.3, 0.4) is 0 Å². The molecule has 0 atom stereocenters. The van der Waals surface area contributed by atoms with Crippen molar-refractivity contribution in [3.8, 4) is 0 Å². The Morgan fingerprint density at radius 1 is 1.53 bits per heavy atom. The van der Waals surface area contributed by atoms with Crippen molar-refractivity contribution < 1.29 is 14.6 Å². The van der Waals surface area contributed by atoms with Gasteiger partial charge in [0.2, 0.25) is 0 Å². The van der Waals surface area contributed by atoms with E-state index < -0.39 is 5.97 Å². The first-order valence-corrected chi connectivity index (χ1v) is 5.85. The lowest BCUT2D eigenvalue weighted by Gasteiger charge is -2.08. The molecule has 0 aliphatic heterocycles. The fourth-order valence-electron chi connectivity index (χ4n) is 1.23. The van der Waals surface area contributed by atoms with Gasteiger partial charge in [0, 0.05) is 10.5 Å². The van der Waals surface area contributed by atoms with Crippen molar-refractivity contribution in [2.24, 2.45) is 0 Å². The highest BCUT2D eigenvalue weighted by molar-refractivity contribution is 7.80. The minimum Gasteiger partial charge on any atom is -0.507 e. The maximum absolute atomic E-state index is 11.5. The Labute approximate surface area is 110 Å². The summed E-state index contributed by atoms with van der Waals surface area (Å²) >= 11 is 10.1. The highest BCUT2D eigenvalue weighted by Gasteiger charge is 2.15. The van der Waals surface area contributed by atoms with E-state index in [4.69, 9.17) is 16.3 Å². The zero-order chi connectivity index (χ0) is 13.0. The Balaban J connectivity index is 3.18. The molecule has 3 nitrogen and oxygen atoms in total. The predicted molar refractivity (Wildman–Crippen MR) is 70.6 cm³/mol. The summed E-state index contributed by atoms with van der Waals surface area (Å²) in [7, 11) is 0. The van der Waals surface area contributed by atoms with Crippen LogP contribution in [-0.4, -0.2) is 17.7 Å². The van der Waals surface area contributed by atoms with E-state index >= 15 is 0 Å². The second-order valence-corrected chi connectivity index (χ2v) is 4.28. The average molecular weight is 273 g/mol. The van der Waals surface area contributed by atoms with Crippen molar-refractivity contribution in [2.45, 2.75) is 18.7 Å². The molecule has 1 N–H and O–H groups in total. The summed E-state index contributed by atoms with van der Waals surface area (Å²) in [6.07, 6.45) is 0. The lowest BCUT2D eigenvalue weighted by Crippen LogP contribution is -2.07. The molecule has 0 aliphatic rings. The summed E-state index contributed by atoms with van der Waals surface area (Å²) in [6, 6.07) is 4.89. The normalized spacial score (nSPS) is 12.0. The zero-order valence-electron chi connectivity index (χ0n) is 9.53. The van der Waals surface area contributed by atoms with Crippen LogP contribution in [0.25, 0.3) is 5.76 Å². The summed E-state index contributed by atoms with van der Waals surface area (Å²) in [4.78, 5) is 12.1. The highest BCUT2D eigenvalue weighted by atomic mass is 35.5. The van der Waals surface area contributed by atoms with Crippen molar-refractivity contribution in [3.63, 3.8) is 0 Å². The molecule has 0 aliphatic carbocycles. The van der Waals surface area contributed by atoms with Crippen LogP contribution < -0.4 is 0 Å². The first-order valence-electron chi connectivity index (χ1n) is 5.03. The molecular formula is C12H13ClO3S. The van der Waals surface area contributed by atoms with E-state index in [1.54, 1.807) is 25.1 Å². The maximum Gasteiger partial charge on any atom is 0.337 e. The molecule has 1 rings (SSSR count). The molecule has 0 aromatic heterocycles. The van der Waals surface area contributed by atoms with E-state index in [2.05, 4.69) is 12.6 Å². The van der Waals surface area contributed by atoms with Crippen molar-refractivity contribution in [3.05, 3.63) is 34.4 Å². The number of carbonyl (C=O) groups is 1. The first-order chi connectivity index (χ1) is 7.97. The Kier molecular flexibility index (Phi) is 4.90. The molecule has 5 heteroatoms. The van der Waals surface area contributed by atoms with Gasteiger partial charge in [0.15, 0.2) is 0 Å². The van der Waals surface area contributed by atoms with Crippen molar-refractivity contribution in [1.29, 1.82) is 0 Å². The summed E-state index contributed by atoms with van der Waals surface area (Å²) in [6.45, 7) is 3.43. The number of hydrogen-bond acceptors (Lipinski definition) is 4. The van der Waals surface area contributed by atoms with E-state index in [0.717, 1.165) is 0 Å². The van der Waals surface area contributed by atoms with Gasteiger partial charge in [-0.1, -0.05) is 11.6 Å². The quantitative estimate of drug-likeness (QED) is 0.383. The van der Waals surface area contributed by atoms with Gasteiger partial charge in [-0.2, -0.15) is 0 Å². The summed E-state index contributed by atoms with van der Waals surface area (Å²) in [5.74, 6) is -0.755. The number of aliphatic hydroxyl groups is 1. The summed E-state index contributed by atoms with van der Waals surface area (Å²) < 4.78 is 4.80. The maximum atomic E-state index is 11.5. The molecule has 0 fully saturated rings. The van der Waals surface area contributed by atoms with Crippen LogP contribution in [0.15, 0.2) is 28.7 Å². The number of thiol groups is 1. The monoisotopic (exact) mass is 272 g/mol. The van der Waals surface area contributed by atoms with E-state index in [9.17, 15) is 9.90 Å². The smallest absolute Gasteiger partial charge is 0.337 e. The SMILES string of the molecule is CCOC(=O)C(C)=C(O)c1cc(S)ccc1Cl. The van der Waals surface area contributed by atoms with Crippen LogP contribution in [-0.2, 0) is 9.53 Å². The van der Waals surface area contributed by atoms with E-state index in [1.165, 1.54) is 6.92 Å². The minimum atomic E-state index is -0.564. The molecule has 0 spiro atoms. The molecule has 0 saturated carbocycles. The van der Waals surface area contributed by atoms with Crippen molar-refractivity contribution >= 4 is 36.0 Å². The summed E-state index contributed by atoms with van der Waals surface area (Å²) in [5, 5.41) is 10.3. The number of ether oxygens (including phenoxy) is 1. The third kappa shape index (κ3) is 3.41. The number of esters is 1. The van der Waals surface area contributed by atoms with Gasteiger partial charge in [-0.3, -0.25) is 0 Å². The molecule has 0 saturated heterocycles. The highest BCUT2D eigenvalue weighted by Crippen LogP contribution is 2.27. The lowest BCUT2D eigenvalue weighted by atomic mass is 10.1. The number of hydrogen-bond donors (Lipinski definition) is 2. The van der Waals surface area contributed by atoms with Crippen LogP contribution in [0.4, 0.5) is 0 Å². The van der Waals surface area contributed by atoms with Crippen LogP contribution >= 0.6 is 24.2 Å². The third-order valence-electron chi connectivity index (χ3n) is 2.14. The average Bonchev–Trinajstić information content (AvgIpc) is 2.30. The van der Waals surface area contributed by atoms with Gasteiger partial charge >= 0.3 is 5.97 Å². The number of carbonyl (C=O) groups excluding carboxylic acids is 1. The van der Waals surface area contributed by atoms with Gasteiger partial charge in [-0.25, -0.2) is 4.79 Å². The summed E-state index contributed by atoms with van der Waals surface area (Å²) in [5.41, 5.74) is 0.484. The Bertz CT molecular complexity index is 469. The van der Waals surface area contributed by atoms with Crippen LogP contribution in [0.1, 0.15) is 19.4 Å². The standard InChI is InChI=1S/C12H13ClO3S/c1-3-16-12(15)7(2)11(14)9-6-8(17)4-5-10(9)13/h4-6,14,17H,3H2,1-2H3. The van der Waals surface area contributed by atoms with E-state index in [-0.39, 0.29) is 17.9 Å². The van der Waals surface area contributed by atoms with E-state index in [1.807, 2.05) is 0 Å². The zero-order valence-corrected chi connectivity index (χ0v) is 11.2. The molecule has 92 valence electrons. The van der Waals surface area contributed by atoms with Gasteiger partial charge < -0.3 is 9.84 Å². The van der Waals surface area contributed by atoms with E-state index in [0.29, 0.717) is 15.5 Å². The van der Waals surface area contributed by atoms with Gasteiger partial charge in [0.05, 0.1) is 17.2 Å². The second-order valence-electron chi connectivity index (χ2n) is 3.36. The molecule has 0 heterocycles. The molecule has 1 aromatic carbocycles. The number of rotatable bonds is 3. The molecular weight excluding hydrogens is 260 g/mol. The number of benzene rings is 1. The van der Waals surface area contributed by atoms with Crippen molar-refractivity contribution in [2.75, 3.05) is 6.61 Å². The fraction of sp³-hybridized carbons (Fsp3) is 0.250. The number of aliphatic hydroxyl groups excluding tert-OH is 1. The van der Waals surface area contributed by atoms with Crippen LogP contribution in [0.2, 0.25) is 5.02 Å². The Hall–Kier alpha value is -1.13. The molecule has 17 heavy (non-hydrogen) atoms. The topological polar surface area (TPSA) is 46.5 Å². The lowest BCUT2D eigenvalue weighted by molar-refractivity contribution is -0.138. The Morgan fingerprint density at radius 2 is 2.18 bits per heavy atom. The minimum absolute atomic E-state index is 0.118. The number of halogens is 1. The molecule has 0 unspecified atom stereocenters. The van der Waals surface area contributed by atoms with Gasteiger partial charge in [-0.15, -0.1) is 12.6 Å². The molecule has 0 bridgehead atoms. The third-order valence-corrected chi connectivity index (χ3v) is 2.75. The van der Waals surface area contributed by atoms with Gasteiger partial charge in [0.25, 0.3) is 0 Å². The second kappa shape index (κ2) is 5.98. The van der Waals surface area contributed by atoms with Gasteiger partial charge in [-0.05, 0) is 32.0 Å². The molecule has 0 radical (unpaired) electrons. The van der Waals surface area contributed by atoms with Crippen LogP contribution in [0, 0.1) is 0 Å². The Morgan fingerprint density at radius 3 is 2.76 bits per heavy atom. The van der Waals surface area contributed by atoms with Crippen LogP contribution in [0.5, 0.6) is 0 Å². The molecule has 0 amide bonds. The predicted octanol–water partition coefficient (Wildman–Crippen LogP) is 3.48. The fourth-order valence-corrected chi connectivity index (χ4v) is 1.64.